The standard InChI is InChI=1S/C14H14BrN3O/c1-10(6-7-16)8-14-17-13(18-19-14)9-11-4-2-3-5-12(11)15/h2-5,10H,6,8-9H2,1H3. The molecule has 0 saturated carbocycles. The van der Waals surface area contributed by atoms with Gasteiger partial charge in [-0.15, -0.1) is 0 Å². The quantitative estimate of drug-likeness (QED) is 0.845. The summed E-state index contributed by atoms with van der Waals surface area (Å²) >= 11 is 3.50. The van der Waals surface area contributed by atoms with E-state index in [-0.39, 0.29) is 5.92 Å². The van der Waals surface area contributed by atoms with Crippen LogP contribution in [0, 0.1) is 17.2 Å². The van der Waals surface area contributed by atoms with Crippen LogP contribution in [0.3, 0.4) is 0 Å². The molecule has 0 aliphatic heterocycles. The summed E-state index contributed by atoms with van der Waals surface area (Å²) in [5, 5.41) is 12.6. The maximum absolute atomic E-state index is 8.62. The molecule has 1 unspecified atom stereocenters. The Balaban J connectivity index is 2.02. The van der Waals surface area contributed by atoms with Crippen molar-refractivity contribution in [1.82, 2.24) is 10.1 Å². The van der Waals surface area contributed by atoms with Crippen molar-refractivity contribution in [3.63, 3.8) is 0 Å². The van der Waals surface area contributed by atoms with Crippen molar-refractivity contribution >= 4 is 15.9 Å². The normalized spacial score (nSPS) is 12.1. The van der Waals surface area contributed by atoms with Gasteiger partial charge in [-0.1, -0.05) is 46.2 Å². The summed E-state index contributed by atoms with van der Waals surface area (Å²) in [6.45, 7) is 2.00. The summed E-state index contributed by atoms with van der Waals surface area (Å²) in [6, 6.07) is 10.1. The van der Waals surface area contributed by atoms with E-state index in [0.717, 1.165) is 10.0 Å². The van der Waals surface area contributed by atoms with E-state index in [1.54, 1.807) is 0 Å². The maximum Gasteiger partial charge on any atom is 0.226 e. The molecule has 2 rings (SSSR count). The molecule has 2 aromatic rings. The van der Waals surface area contributed by atoms with Crippen LogP contribution in [0.25, 0.3) is 0 Å². The molecule has 1 aromatic carbocycles. The number of hydrogen-bond donors (Lipinski definition) is 0. The molecule has 0 bridgehead atoms. The highest BCUT2D eigenvalue weighted by atomic mass is 79.9. The first-order valence-electron chi connectivity index (χ1n) is 6.11. The Kier molecular flexibility index (Phi) is 4.69. The van der Waals surface area contributed by atoms with Gasteiger partial charge >= 0.3 is 0 Å². The minimum absolute atomic E-state index is 0.238. The first-order valence-corrected chi connectivity index (χ1v) is 6.90. The lowest BCUT2D eigenvalue weighted by molar-refractivity contribution is 0.355. The van der Waals surface area contributed by atoms with Crippen LogP contribution in [-0.2, 0) is 12.8 Å². The van der Waals surface area contributed by atoms with E-state index in [0.29, 0.717) is 31.0 Å². The highest BCUT2D eigenvalue weighted by Crippen LogP contribution is 2.19. The third-order valence-electron chi connectivity index (χ3n) is 2.78. The molecule has 0 aliphatic rings. The van der Waals surface area contributed by atoms with Crippen LogP contribution in [0.15, 0.2) is 33.3 Å². The van der Waals surface area contributed by atoms with Gasteiger partial charge in [0.15, 0.2) is 5.82 Å². The Morgan fingerprint density at radius 3 is 2.95 bits per heavy atom. The minimum Gasteiger partial charge on any atom is -0.339 e. The lowest BCUT2D eigenvalue weighted by atomic mass is 10.1. The molecule has 0 spiro atoms. The molecule has 0 fully saturated rings. The van der Waals surface area contributed by atoms with Gasteiger partial charge < -0.3 is 4.52 Å². The molecule has 19 heavy (non-hydrogen) atoms. The van der Waals surface area contributed by atoms with E-state index >= 15 is 0 Å². The zero-order chi connectivity index (χ0) is 13.7. The number of halogens is 1. The van der Waals surface area contributed by atoms with Gasteiger partial charge in [-0.25, -0.2) is 0 Å². The van der Waals surface area contributed by atoms with Gasteiger partial charge in [-0.2, -0.15) is 10.2 Å². The van der Waals surface area contributed by atoms with Gasteiger partial charge in [0, 0.05) is 23.7 Å². The lowest BCUT2D eigenvalue weighted by Gasteiger charge is -2.01. The Morgan fingerprint density at radius 1 is 1.42 bits per heavy atom. The van der Waals surface area contributed by atoms with Gasteiger partial charge in [-0.05, 0) is 17.5 Å². The molecule has 4 nitrogen and oxygen atoms in total. The molecule has 0 radical (unpaired) electrons. The van der Waals surface area contributed by atoms with E-state index in [1.807, 2.05) is 31.2 Å². The molecule has 0 N–H and O–H groups in total. The van der Waals surface area contributed by atoms with E-state index in [9.17, 15) is 0 Å². The van der Waals surface area contributed by atoms with Crippen LogP contribution in [0.5, 0.6) is 0 Å². The fraction of sp³-hybridized carbons (Fsp3) is 0.357. The van der Waals surface area contributed by atoms with Crippen LogP contribution in [0.1, 0.15) is 30.6 Å². The van der Waals surface area contributed by atoms with E-state index in [2.05, 4.69) is 32.1 Å². The number of aromatic nitrogens is 2. The molecular weight excluding hydrogens is 306 g/mol. The average molecular weight is 320 g/mol. The number of nitriles is 1. The van der Waals surface area contributed by atoms with Crippen molar-refractivity contribution in [2.24, 2.45) is 5.92 Å². The summed E-state index contributed by atoms with van der Waals surface area (Å²) in [4.78, 5) is 4.36. The van der Waals surface area contributed by atoms with E-state index < -0.39 is 0 Å². The summed E-state index contributed by atoms with van der Waals surface area (Å²) in [5.74, 6) is 1.51. The van der Waals surface area contributed by atoms with E-state index in [4.69, 9.17) is 9.78 Å². The van der Waals surface area contributed by atoms with Crippen LogP contribution < -0.4 is 0 Å². The van der Waals surface area contributed by atoms with E-state index in [1.165, 1.54) is 0 Å². The van der Waals surface area contributed by atoms with Crippen LogP contribution in [0.2, 0.25) is 0 Å². The smallest absolute Gasteiger partial charge is 0.226 e. The predicted molar refractivity (Wildman–Crippen MR) is 74.3 cm³/mol. The molecule has 1 atom stereocenters. The van der Waals surface area contributed by atoms with Crippen molar-refractivity contribution < 1.29 is 4.52 Å². The molecule has 1 aromatic heterocycles. The Labute approximate surface area is 120 Å². The SMILES string of the molecule is CC(CC#N)Cc1nc(Cc2ccccc2Br)no1. The highest BCUT2D eigenvalue weighted by Gasteiger charge is 2.11. The Morgan fingerprint density at radius 2 is 2.21 bits per heavy atom. The topological polar surface area (TPSA) is 62.7 Å². The zero-order valence-corrected chi connectivity index (χ0v) is 12.2. The molecule has 0 saturated heterocycles. The van der Waals surface area contributed by atoms with Crippen molar-refractivity contribution in [3.8, 4) is 6.07 Å². The van der Waals surface area contributed by atoms with Gasteiger partial charge in [0.2, 0.25) is 5.89 Å². The second-order valence-electron chi connectivity index (χ2n) is 4.54. The Bertz CT molecular complexity index is 588. The first-order chi connectivity index (χ1) is 9.19. The van der Waals surface area contributed by atoms with Crippen molar-refractivity contribution in [3.05, 3.63) is 46.0 Å². The number of rotatable bonds is 5. The largest absolute Gasteiger partial charge is 0.339 e. The van der Waals surface area contributed by atoms with Gasteiger partial charge in [0.25, 0.3) is 0 Å². The summed E-state index contributed by atoms with van der Waals surface area (Å²) in [7, 11) is 0. The molecule has 0 amide bonds. The minimum atomic E-state index is 0.238. The van der Waals surface area contributed by atoms with Crippen molar-refractivity contribution in [2.45, 2.75) is 26.2 Å². The van der Waals surface area contributed by atoms with Crippen molar-refractivity contribution in [1.29, 1.82) is 5.26 Å². The van der Waals surface area contributed by atoms with Crippen LogP contribution in [-0.4, -0.2) is 10.1 Å². The van der Waals surface area contributed by atoms with Crippen molar-refractivity contribution in [2.75, 3.05) is 0 Å². The number of nitrogens with zero attached hydrogens (tertiary/aromatic N) is 3. The third-order valence-corrected chi connectivity index (χ3v) is 3.55. The Hall–Kier alpha value is -1.67. The van der Waals surface area contributed by atoms with Gasteiger partial charge in [-0.3, -0.25) is 0 Å². The zero-order valence-electron chi connectivity index (χ0n) is 10.6. The number of hydrogen-bond acceptors (Lipinski definition) is 4. The molecular formula is C14H14BrN3O. The summed E-state index contributed by atoms with van der Waals surface area (Å²) in [6.07, 6.45) is 1.79. The average Bonchev–Trinajstić information content (AvgIpc) is 2.80. The maximum atomic E-state index is 8.62. The second-order valence-corrected chi connectivity index (χ2v) is 5.40. The van der Waals surface area contributed by atoms with Gasteiger partial charge in [0.1, 0.15) is 0 Å². The monoisotopic (exact) mass is 319 g/mol. The number of benzene rings is 1. The summed E-state index contributed by atoms with van der Waals surface area (Å²) < 4.78 is 6.25. The molecule has 98 valence electrons. The highest BCUT2D eigenvalue weighted by molar-refractivity contribution is 9.10. The lowest BCUT2D eigenvalue weighted by Crippen LogP contribution is -1.99. The fourth-order valence-corrected chi connectivity index (χ4v) is 2.21. The molecule has 5 heteroatoms. The predicted octanol–water partition coefficient (Wildman–Crippen LogP) is 3.52. The molecule has 0 aliphatic carbocycles. The van der Waals surface area contributed by atoms with Gasteiger partial charge in [0.05, 0.1) is 6.07 Å². The third kappa shape index (κ3) is 3.90. The summed E-state index contributed by atoms with van der Waals surface area (Å²) in [5.41, 5.74) is 1.12. The first kappa shape index (κ1) is 13.8. The van der Waals surface area contributed by atoms with Crippen LogP contribution in [0.4, 0.5) is 0 Å². The fourth-order valence-electron chi connectivity index (χ4n) is 1.78. The van der Waals surface area contributed by atoms with Crippen LogP contribution >= 0.6 is 15.9 Å². The molecule has 1 heterocycles. The second kappa shape index (κ2) is 6.48.